The van der Waals surface area contributed by atoms with Crippen molar-refractivity contribution in [1.29, 1.82) is 0 Å². The van der Waals surface area contributed by atoms with Crippen molar-refractivity contribution in [1.82, 2.24) is 19.5 Å². The highest BCUT2D eigenvalue weighted by Gasteiger charge is 2.31. The van der Waals surface area contributed by atoms with Gasteiger partial charge in [0.25, 0.3) is 0 Å². The standard InChI is InChI=1S/C18H21BrN4O2S/c1-2-14-20-18-23(21-14)17(25)16(26-18)15(11-4-3-5-12(19)10-11)22-8-6-13(24)7-9-22/h3-5,10,13,15,24-25H,2,6-9H2,1H3. The van der Waals surface area contributed by atoms with Crippen molar-refractivity contribution in [2.75, 3.05) is 13.1 Å². The zero-order chi connectivity index (χ0) is 18.3. The molecule has 1 unspecified atom stereocenters. The van der Waals surface area contributed by atoms with Crippen LogP contribution in [0.15, 0.2) is 28.7 Å². The lowest BCUT2D eigenvalue weighted by atomic mass is 9.99. The Morgan fingerprint density at radius 2 is 2.12 bits per heavy atom. The molecule has 2 aromatic heterocycles. The smallest absolute Gasteiger partial charge is 0.230 e. The summed E-state index contributed by atoms with van der Waals surface area (Å²) >= 11 is 5.04. The van der Waals surface area contributed by atoms with Crippen LogP contribution in [-0.4, -0.2) is 48.9 Å². The number of thiazole rings is 1. The summed E-state index contributed by atoms with van der Waals surface area (Å²) in [6.45, 7) is 3.57. The molecule has 2 N–H and O–H groups in total. The largest absolute Gasteiger partial charge is 0.492 e. The zero-order valence-corrected chi connectivity index (χ0v) is 16.9. The molecule has 138 valence electrons. The Morgan fingerprint density at radius 1 is 1.35 bits per heavy atom. The fourth-order valence-corrected chi connectivity index (χ4v) is 5.02. The fraction of sp³-hybridized carbons (Fsp3) is 0.444. The van der Waals surface area contributed by atoms with Crippen molar-refractivity contribution in [2.24, 2.45) is 0 Å². The first-order valence-electron chi connectivity index (χ1n) is 8.81. The van der Waals surface area contributed by atoms with Crippen molar-refractivity contribution >= 4 is 32.2 Å². The number of aliphatic hydroxyl groups is 1. The molecule has 8 heteroatoms. The summed E-state index contributed by atoms with van der Waals surface area (Å²) < 4.78 is 2.55. The highest BCUT2D eigenvalue weighted by molar-refractivity contribution is 9.10. The Morgan fingerprint density at radius 3 is 2.77 bits per heavy atom. The van der Waals surface area contributed by atoms with Crippen LogP contribution in [0.3, 0.4) is 0 Å². The third-order valence-corrected chi connectivity index (χ3v) is 6.40. The number of aliphatic hydroxyl groups excluding tert-OH is 1. The van der Waals surface area contributed by atoms with E-state index in [1.165, 1.54) is 11.3 Å². The van der Waals surface area contributed by atoms with E-state index in [2.05, 4.69) is 43.0 Å². The summed E-state index contributed by atoms with van der Waals surface area (Å²) in [5.74, 6) is 0.895. The van der Waals surface area contributed by atoms with Crippen LogP contribution < -0.4 is 0 Å². The monoisotopic (exact) mass is 436 g/mol. The van der Waals surface area contributed by atoms with Gasteiger partial charge in [-0.25, -0.2) is 4.98 Å². The van der Waals surface area contributed by atoms with Gasteiger partial charge < -0.3 is 10.2 Å². The lowest BCUT2D eigenvalue weighted by Crippen LogP contribution is -2.38. The fourth-order valence-electron chi connectivity index (χ4n) is 3.47. The molecule has 0 aliphatic carbocycles. The van der Waals surface area contributed by atoms with Crippen LogP contribution in [0.25, 0.3) is 4.96 Å². The number of aromatic hydroxyl groups is 1. The number of benzene rings is 1. The van der Waals surface area contributed by atoms with Gasteiger partial charge in [0.1, 0.15) is 0 Å². The number of rotatable bonds is 4. The quantitative estimate of drug-likeness (QED) is 0.655. The van der Waals surface area contributed by atoms with Gasteiger partial charge in [-0.2, -0.15) is 4.52 Å². The average molecular weight is 437 g/mol. The molecule has 1 aromatic carbocycles. The van der Waals surface area contributed by atoms with E-state index in [1.54, 1.807) is 4.52 Å². The van der Waals surface area contributed by atoms with Crippen LogP contribution in [0.4, 0.5) is 0 Å². The van der Waals surface area contributed by atoms with Crippen molar-refractivity contribution in [3.05, 3.63) is 45.0 Å². The first-order chi connectivity index (χ1) is 12.6. The highest BCUT2D eigenvalue weighted by Crippen LogP contribution is 2.41. The molecule has 1 saturated heterocycles. The summed E-state index contributed by atoms with van der Waals surface area (Å²) in [6.07, 6.45) is 1.98. The van der Waals surface area contributed by atoms with Crippen LogP contribution in [0.2, 0.25) is 0 Å². The van der Waals surface area contributed by atoms with E-state index >= 15 is 0 Å². The molecule has 0 saturated carbocycles. The predicted octanol–water partition coefficient (Wildman–Crippen LogP) is 3.37. The summed E-state index contributed by atoms with van der Waals surface area (Å²) in [5.41, 5.74) is 1.10. The summed E-state index contributed by atoms with van der Waals surface area (Å²) in [6, 6.07) is 8.08. The van der Waals surface area contributed by atoms with E-state index in [-0.39, 0.29) is 18.0 Å². The molecule has 0 amide bonds. The third-order valence-electron chi connectivity index (χ3n) is 4.84. The molecule has 1 aliphatic rings. The van der Waals surface area contributed by atoms with Crippen LogP contribution in [-0.2, 0) is 6.42 Å². The number of likely N-dealkylation sites (tertiary alicyclic amines) is 1. The van der Waals surface area contributed by atoms with Crippen LogP contribution in [0.1, 0.15) is 42.1 Å². The average Bonchev–Trinajstić information content (AvgIpc) is 3.17. The molecule has 0 radical (unpaired) electrons. The van der Waals surface area contributed by atoms with E-state index in [1.807, 2.05) is 19.1 Å². The minimum Gasteiger partial charge on any atom is -0.492 e. The minimum absolute atomic E-state index is 0.0847. The van der Waals surface area contributed by atoms with Gasteiger partial charge in [-0.05, 0) is 30.5 Å². The van der Waals surface area contributed by atoms with Gasteiger partial charge in [-0.15, -0.1) is 5.10 Å². The second kappa shape index (κ2) is 7.26. The molecule has 0 spiro atoms. The lowest BCUT2D eigenvalue weighted by Gasteiger charge is -2.36. The predicted molar refractivity (Wildman–Crippen MR) is 105 cm³/mol. The number of halogens is 1. The Bertz CT molecular complexity index is 917. The summed E-state index contributed by atoms with van der Waals surface area (Å²) in [4.78, 5) is 8.38. The van der Waals surface area contributed by atoms with E-state index in [9.17, 15) is 10.2 Å². The van der Waals surface area contributed by atoms with Crippen molar-refractivity contribution in [3.63, 3.8) is 0 Å². The highest BCUT2D eigenvalue weighted by atomic mass is 79.9. The topological polar surface area (TPSA) is 73.9 Å². The third kappa shape index (κ3) is 3.26. The number of hydrogen-bond donors (Lipinski definition) is 2. The van der Waals surface area contributed by atoms with Crippen molar-refractivity contribution < 1.29 is 10.2 Å². The molecule has 1 aliphatic heterocycles. The zero-order valence-electron chi connectivity index (χ0n) is 14.5. The minimum atomic E-state index is -0.238. The molecule has 1 fully saturated rings. The molecular weight excluding hydrogens is 416 g/mol. The Kier molecular flexibility index (Phi) is 5.00. The van der Waals surface area contributed by atoms with E-state index < -0.39 is 0 Å². The molecule has 0 bridgehead atoms. The van der Waals surface area contributed by atoms with Gasteiger partial charge >= 0.3 is 0 Å². The number of fused-ring (bicyclic) bond motifs is 1. The SMILES string of the molecule is CCc1nc2sc(C(c3cccc(Br)c3)N3CCC(O)CC3)c(O)n2n1. The molecule has 3 aromatic rings. The summed E-state index contributed by atoms with van der Waals surface area (Å²) in [5, 5.41) is 25.1. The molecule has 3 heterocycles. The van der Waals surface area contributed by atoms with Crippen LogP contribution in [0, 0.1) is 0 Å². The van der Waals surface area contributed by atoms with Gasteiger partial charge in [0.2, 0.25) is 10.8 Å². The number of nitrogens with zero attached hydrogens (tertiary/aromatic N) is 4. The van der Waals surface area contributed by atoms with Gasteiger partial charge in [0.15, 0.2) is 5.82 Å². The number of aryl methyl sites for hydroxylation is 1. The lowest BCUT2D eigenvalue weighted by molar-refractivity contribution is 0.0689. The van der Waals surface area contributed by atoms with Crippen LogP contribution in [0.5, 0.6) is 5.88 Å². The molecular formula is C18H21BrN4O2S. The van der Waals surface area contributed by atoms with Crippen molar-refractivity contribution in [3.8, 4) is 5.88 Å². The van der Waals surface area contributed by atoms with E-state index in [4.69, 9.17) is 0 Å². The van der Waals surface area contributed by atoms with Gasteiger partial charge in [-0.1, -0.05) is 46.3 Å². The second-order valence-corrected chi connectivity index (χ2v) is 8.52. The Balaban J connectivity index is 1.79. The summed E-state index contributed by atoms with van der Waals surface area (Å²) in [7, 11) is 0. The number of piperidine rings is 1. The maximum atomic E-state index is 10.9. The molecule has 6 nitrogen and oxygen atoms in total. The first kappa shape index (κ1) is 17.9. The van der Waals surface area contributed by atoms with Crippen LogP contribution >= 0.6 is 27.3 Å². The second-order valence-electron chi connectivity index (χ2n) is 6.59. The molecule has 26 heavy (non-hydrogen) atoms. The van der Waals surface area contributed by atoms with Gasteiger partial charge in [-0.3, -0.25) is 4.90 Å². The first-order valence-corrected chi connectivity index (χ1v) is 10.4. The normalized spacial score (nSPS) is 17.8. The molecule has 4 rings (SSSR count). The Labute approximate surface area is 164 Å². The van der Waals surface area contributed by atoms with E-state index in [0.717, 1.165) is 53.1 Å². The van der Waals surface area contributed by atoms with Gasteiger partial charge in [0.05, 0.1) is 17.0 Å². The molecule has 1 atom stereocenters. The maximum absolute atomic E-state index is 10.9. The van der Waals surface area contributed by atoms with Crippen molar-refractivity contribution in [2.45, 2.75) is 38.3 Å². The van der Waals surface area contributed by atoms with Gasteiger partial charge in [0, 0.05) is 24.0 Å². The number of aromatic nitrogens is 3. The number of hydrogen-bond acceptors (Lipinski definition) is 6. The maximum Gasteiger partial charge on any atom is 0.230 e. The van der Waals surface area contributed by atoms with E-state index in [0.29, 0.717) is 4.96 Å². The Hall–Kier alpha value is -1.48.